The van der Waals surface area contributed by atoms with Crippen LogP contribution in [0.15, 0.2) is 4.47 Å². The van der Waals surface area contributed by atoms with Crippen molar-refractivity contribution in [3.8, 4) is 0 Å². The van der Waals surface area contributed by atoms with Gasteiger partial charge in [-0.15, -0.1) is 0 Å². The summed E-state index contributed by atoms with van der Waals surface area (Å²) in [6.07, 6.45) is 1.13. The van der Waals surface area contributed by atoms with Gasteiger partial charge in [-0.25, -0.2) is 18.4 Å². The van der Waals surface area contributed by atoms with Crippen molar-refractivity contribution < 1.29 is 13.2 Å². The van der Waals surface area contributed by atoms with Crippen LogP contribution in [0.2, 0.25) is 5.15 Å². The summed E-state index contributed by atoms with van der Waals surface area (Å²) in [7, 11) is -1.74. The zero-order chi connectivity index (χ0) is 13.2. The molecule has 1 heterocycles. The lowest BCUT2D eigenvalue weighted by atomic mass is 10.4. The van der Waals surface area contributed by atoms with Gasteiger partial charge >= 0.3 is 0 Å². The Bertz CT molecular complexity index is 521. The Balaban J connectivity index is 3.28. The van der Waals surface area contributed by atoms with Crippen LogP contribution in [0.5, 0.6) is 0 Å². The molecule has 0 amide bonds. The Labute approximate surface area is 114 Å². The van der Waals surface area contributed by atoms with E-state index in [1.54, 1.807) is 0 Å². The Morgan fingerprint density at radius 3 is 2.53 bits per heavy atom. The number of hydrogen-bond donors (Lipinski definition) is 0. The lowest BCUT2D eigenvalue weighted by molar-refractivity contribution is 0.180. The molecule has 0 radical (unpaired) electrons. The first-order valence-electron chi connectivity index (χ1n) is 4.67. The summed E-state index contributed by atoms with van der Waals surface area (Å²) in [6.45, 7) is 1.75. The van der Waals surface area contributed by atoms with E-state index in [1.165, 1.54) is 14.0 Å². The third-order valence-electron chi connectivity index (χ3n) is 2.18. The van der Waals surface area contributed by atoms with Gasteiger partial charge in [0.15, 0.2) is 9.84 Å². The number of methoxy groups -OCH3 is 1. The lowest BCUT2D eigenvalue weighted by Crippen LogP contribution is -2.13. The van der Waals surface area contributed by atoms with Crippen molar-refractivity contribution in [2.24, 2.45) is 0 Å². The first-order chi connectivity index (χ1) is 7.77. The molecule has 1 rings (SSSR count). The summed E-state index contributed by atoms with van der Waals surface area (Å²) in [5, 5.41) is -0.624. The van der Waals surface area contributed by atoms with Crippen LogP contribution >= 0.6 is 27.5 Å². The molecule has 1 aromatic heterocycles. The highest BCUT2D eigenvalue weighted by atomic mass is 79.9. The second-order valence-corrected chi connectivity index (χ2v) is 7.06. The molecule has 96 valence electrons. The molecule has 0 saturated carbocycles. The largest absolute Gasteiger partial charge is 0.378 e. The SMILES string of the molecule is COCc1nc(C(C)S(C)(=O)=O)nc(Cl)c1Br. The van der Waals surface area contributed by atoms with Crippen molar-refractivity contribution in [2.45, 2.75) is 18.8 Å². The molecule has 0 bridgehead atoms. The quantitative estimate of drug-likeness (QED) is 0.783. The first-order valence-corrected chi connectivity index (χ1v) is 7.79. The summed E-state index contributed by atoms with van der Waals surface area (Å²) >= 11 is 9.13. The molecule has 0 fully saturated rings. The maximum atomic E-state index is 11.4. The van der Waals surface area contributed by atoms with Gasteiger partial charge < -0.3 is 4.74 Å². The molecule has 5 nitrogen and oxygen atoms in total. The molecule has 0 aliphatic carbocycles. The normalized spacial score (nSPS) is 13.7. The predicted octanol–water partition coefficient (Wildman–Crippen LogP) is 2.14. The second-order valence-electron chi connectivity index (χ2n) is 3.54. The average molecular weight is 344 g/mol. The van der Waals surface area contributed by atoms with E-state index in [4.69, 9.17) is 16.3 Å². The maximum absolute atomic E-state index is 11.4. The highest BCUT2D eigenvalue weighted by Crippen LogP contribution is 2.27. The fraction of sp³-hybridized carbons (Fsp3) is 0.556. The third-order valence-corrected chi connectivity index (χ3v) is 5.01. The van der Waals surface area contributed by atoms with Gasteiger partial charge in [0.05, 0.1) is 16.8 Å². The van der Waals surface area contributed by atoms with Crippen molar-refractivity contribution in [3.63, 3.8) is 0 Å². The van der Waals surface area contributed by atoms with Crippen LogP contribution in [-0.2, 0) is 21.2 Å². The van der Waals surface area contributed by atoms with Gasteiger partial charge in [0, 0.05) is 13.4 Å². The van der Waals surface area contributed by atoms with E-state index < -0.39 is 15.1 Å². The van der Waals surface area contributed by atoms with Crippen LogP contribution in [0.25, 0.3) is 0 Å². The van der Waals surface area contributed by atoms with Crippen LogP contribution in [-0.4, -0.2) is 31.8 Å². The van der Waals surface area contributed by atoms with E-state index in [9.17, 15) is 8.42 Å². The molecule has 0 saturated heterocycles. The van der Waals surface area contributed by atoms with Crippen LogP contribution in [0.4, 0.5) is 0 Å². The fourth-order valence-electron chi connectivity index (χ4n) is 1.09. The lowest BCUT2D eigenvalue weighted by Gasteiger charge is -2.11. The third kappa shape index (κ3) is 3.61. The van der Waals surface area contributed by atoms with Crippen molar-refractivity contribution in [1.82, 2.24) is 9.97 Å². The number of halogens is 2. The van der Waals surface area contributed by atoms with Crippen LogP contribution in [0, 0.1) is 0 Å². The molecule has 0 aliphatic heterocycles. The summed E-state index contributed by atoms with van der Waals surface area (Å²) < 4.78 is 28.3. The summed E-state index contributed by atoms with van der Waals surface area (Å²) in [5.74, 6) is 0.174. The van der Waals surface area contributed by atoms with E-state index in [0.29, 0.717) is 10.2 Å². The second kappa shape index (κ2) is 5.60. The molecule has 0 aliphatic rings. The standard InChI is InChI=1S/C9H12BrClN2O3S/c1-5(17(3,14)15)9-12-6(4-16-2)7(10)8(11)13-9/h5H,4H2,1-3H3. The Morgan fingerprint density at radius 2 is 2.06 bits per heavy atom. The number of rotatable bonds is 4. The zero-order valence-corrected chi connectivity index (χ0v) is 12.7. The summed E-state index contributed by atoms with van der Waals surface area (Å²) in [5.41, 5.74) is 0.526. The zero-order valence-electron chi connectivity index (χ0n) is 9.57. The Hall–Kier alpha value is -0.240. The molecule has 1 atom stereocenters. The predicted molar refractivity (Wildman–Crippen MR) is 68.7 cm³/mol. The van der Waals surface area contributed by atoms with Crippen molar-refractivity contribution in [1.29, 1.82) is 0 Å². The molecular weight excluding hydrogens is 332 g/mol. The first kappa shape index (κ1) is 14.8. The Morgan fingerprint density at radius 1 is 1.47 bits per heavy atom. The summed E-state index contributed by atoms with van der Waals surface area (Å²) in [4.78, 5) is 8.10. The number of nitrogens with zero attached hydrogens (tertiary/aromatic N) is 2. The highest BCUT2D eigenvalue weighted by Gasteiger charge is 2.22. The van der Waals surface area contributed by atoms with Gasteiger partial charge in [-0.3, -0.25) is 0 Å². The highest BCUT2D eigenvalue weighted by molar-refractivity contribution is 9.10. The van der Waals surface area contributed by atoms with Crippen molar-refractivity contribution >= 4 is 37.4 Å². The minimum Gasteiger partial charge on any atom is -0.378 e. The Kier molecular flexibility index (Phi) is 4.88. The molecule has 1 unspecified atom stereocenters. The van der Waals surface area contributed by atoms with Gasteiger partial charge in [-0.1, -0.05) is 11.6 Å². The molecule has 0 spiro atoms. The van der Waals surface area contributed by atoms with Crippen molar-refractivity contribution in [3.05, 3.63) is 21.1 Å². The molecule has 0 N–H and O–H groups in total. The van der Waals surface area contributed by atoms with Gasteiger partial charge in [-0.05, 0) is 22.9 Å². The number of sulfone groups is 1. The van der Waals surface area contributed by atoms with Gasteiger partial charge in [0.2, 0.25) is 0 Å². The number of hydrogen-bond acceptors (Lipinski definition) is 5. The van der Waals surface area contributed by atoms with E-state index in [1.807, 2.05) is 0 Å². The number of aromatic nitrogens is 2. The monoisotopic (exact) mass is 342 g/mol. The van der Waals surface area contributed by atoms with E-state index in [0.717, 1.165) is 6.26 Å². The molecule has 8 heteroatoms. The topological polar surface area (TPSA) is 69.2 Å². The maximum Gasteiger partial charge on any atom is 0.157 e. The minimum atomic E-state index is -3.26. The van der Waals surface area contributed by atoms with Gasteiger partial charge in [-0.2, -0.15) is 0 Å². The summed E-state index contributed by atoms with van der Waals surface area (Å²) in [6, 6.07) is 0. The van der Waals surface area contributed by atoms with Gasteiger partial charge in [0.25, 0.3) is 0 Å². The van der Waals surface area contributed by atoms with E-state index >= 15 is 0 Å². The smallest absolute Gasteiger partial charge is 0.157 e. The number of ether oxygens (including phenoxy) is 1. The minimum absolute atomic E-state index is 0.174. The fourth-order valence-corrected chi connectivity index (χ4v) is 2.06. The molecule has 17 heavy (non-hydrogen) atoms. The van der Waals surface area contributed by atoms with Crippen LogP contribution < -0.4 is 0 Å². The van der Waals surface area contributed by atoms with E-state index in [-0.39, 0.29) is 17.6 Å². The van der Waals surface area contributed by atoms with Gasteiger partial charge in [0.1, 0.15) is 16.2 Å². The average Bonchev–Trinajstić information content (AvgIpc) is 2.22. The van der Waals surface area contributed by atoms with Crippen LogP contribution in [0.3, 0.4) is 0 Å². The van der Waals surface area contributed by atoms with Crippen molar-refractivity contribution in [2.75, 3.05) is 13.4 Å². The molecule has 1 aromatic rings. The molecule has 0 aromatic carbocycles. The molecular formula is C9H12BrClN2O3S. The van der Waals surface area contributed by atoms with Crippen LogP contribution in [0.1, 0.15) is 23.7 Å². The van der Waals surface area contributed by atoms with E-state index in [2.05, 4.69) is 25.9 Å².